The molecule has 1 unspecified atom stereocenters. The number of rotatable bonds is 8. The number of nitrogens with zero attached hydrogens (tertiary/aromatic N) is 1. The van der Waals surface area contributed by atoms with E-state index in [0.717, 1.165) is 19.6 Å². The maximum absolute atomic E-state index is 3.39. The van der Waals surface area contributed by atoms with Gasteiger partial charge in [-0.25, -0.2) is 0 Å². The first kappa shape index (κ1) is 16.0. The first-order valence-electron chi connectivity index (χ1n) is 6.56. The van der Waals surface area contributed by atoms with E-state index in [0.29, 0.717) is 6.04 Å². The minimum Gasteiger partial charge on any atom is -0.312 e. The van der Waals surface area contributed by atoms with Crippen molar-refractivity contribution in [3.05, 3.63) is 21.4 Å². The van der Waals surface area contributed by atoms with Gasteiger partial charge >= 0.3 is 0 Å². The lowest BCUT2D eigenvalue weighted by molar-refractivity contribution is 0.269. The summed E-state index contributed by atoms with van der Waals surface area (Å²) in [6, 6.07) is 3.00. The number of thioether (sulfide) groups is 1. The van der Waals surface area contributed by atoms with Crippen LogP contribution in [-0.4, -0.2) is 36.5 Å². The summed E-state index contributed by atoms with van der Waals surface area (Å²) in [4.78, 5) is 5.36. The highest BCUT2D eigenvalue weighted by Crippen LogP contribution is 2.23. The third kappa shape index (κ3) is 4.92. The molecule has 0 fully saturated rings. The predicted molar refractivity (Wildman–Crippen MR) is 85.7 cm³/mol. The van der Waals surface area contributed by atoms with Gasteiger partial charge in [0.15, 0.2) is 0 Å². The summed E-state index contributed by atoms with van der Waals surface area (Å²) in [5.74, 6) is 1.20. The van der Waals surface area contributed by atoms with Crippen LogP contribution < -0.4 is 5.32 Å². The summed E-state index contributed by atoms with van der Waals surface area (Å²) < 4.78 is 0. The van der Waals surface area contributed by atoms with Crippen molar-refractivity contribution >= 4 is 23.1 Å². The third-order valence-electron chi connectivity index (χ3n) is 3.20. The predicted octanol–water partition coefficient (Wildman–Crippen LogP) is 3.35. The molecule has 1 atom stereocenters. The molecule has 0 aliphatic carbocycles. The molecule has 0 saturated carbocycles. The van der Waals surface area contributed by atoms with Crippen molar-refractivity contribution in [1.29, 1.82) is 0 Å². The smallest absolute Gasteiger partial charge is 0.0299 e. The van der Waals surface area contributed by atoms with Crippen molar-refractivity contribution in [3.63, 3.8) is 0 Å². The number of nitrogens with one attached hydrogen (secondary N) is 1. The first-order chi connectivity index (χ1) is 8.58. The lowest BCUT2D eigenvalue weighted by Crippen LogP contribution is -2.30. The molecule has 0 aliphatic heterocycles. The van der Waals surface area contributed by atoms with Gasteiger partial charge in [0, 0.05) is 34.6 Å². The highest BCUT2D eigenvalue weighted by molar-refractivity contribution is 7.98. The van der Waals surface area contributed by atoms with Gasteiger partial charge in [0.25, 0.3) is 0 Å². The Morgan fingerprint density at radius 3 is 2.83 bits per heavy atom. The Bertz CT molecular complexity index is 350. The van der Waals surface area contributed by atoms with E-state index in [9.17, 15) is 0 Å². The number of hydrogen-bond acceptors (Lipinski definition) is 4. The highest BCUT2D eigenvalue weighted by atomic mass is 32.2. The standard InChI is InChI=1S/C14H26N2S2/c1-6-15-8-14-7-13(12(3)18-14)9-16(4)11(2)10-17-5/h7,11,15H,6,8-10H2,1-5H3. The van der Waals surface area contributed by atoms with Crippen LogP contribution in [0, 0.1) is 6.92 Å². The lowest BCUT2D eigenvalue weighted by Gasteiger charge is -2.23. The van der Waals surface area contributed by atoms with Crippen LogP contribution in [0.25, 0.3) is 0 Å². The van der Waals surface area contributed by atoms with Crippen molar-refractivity contribution in [3.8, 4) is 0 Å². The molecular weight excluding hydrogens is 260 g/mol. The number of aryl methyl sites for hydroxylation is 1. The van der Waals surface area contributed by atoms with Crippen LogP contribution in [0.2, 0.25) is 0 Å². The Balaban J connectivity index is 2.58. The van der Waals surface area contributed by atoms with Gasteiger partial charge in [-0.1, -0.05) is 6.92 Å². The molecule has 2 nitrogen and oxygen atoms in total. The van der Waals surface area contributed by atoms with Gasteiger partial charge in [0.05, 0.1) is 0 Å². The van der Waals surface area contributed by atoms with Gasteiger partial charge in [0.2, 0.25) is 0 Å². The van der Waals surface area contributed by atoms with Crippen LogP contribution in [0.15, 0.2) is 6.07 Å². The maximum Gasteiger partial charge on any atom is 0.0299 e. The van der Waals surface area contributed by atoms with Gasteiger partial charge in [-0.15, -0.1) is 11.3 Å². The molecule has 1 rings (SSSR count). The molecule has 0 radical (unpaired) electrons. The van der Waals surface area contributed by atoms with E-state index < -0.39 is 0 Å². The van der Waals surface area contributed by atoms with Gasteiger partial charge in [-0.2, -0.15) is 11.8 Å². The molecule has 4 heteroatoms. The van der Waals surface area contributed by atoms with Crippen molar-refractivity contribution in [2.24, 2.45) is 0 Å². The largest absolute Gasteiger partial charge is 0.312 e. The average molecular weight is 287 g/mol. The number of thiophene rings is 1. The molecule has 1 aromatic rings. The Hall–Kier alpha value is -0.0300. The Kier molecular flexibility index (Phi) is 7.30. The zero-order chi connectivity index (χ0) is 13.5. The van der Waals surface area contributed by atoms with E-state index in [-0.39, 0.29) is 0 Å². The Morgan fingerprint density at radius 1 is 1.50 bits per heavy atom. The van der Waals surface area contributed by atoms with E-state index in [2.05, 4.69) is 50.4 Å². The van der Waals surface area contributed by atoms with Crippen molar-refractivity contribution in [2.75, 3.05) is 25.6 Å². The van der Waals surface area contributed by atoms with Crippen molar-refractivity contribution < 1.29 is 0 Å². The van der Waals surface area contributed by atoms with E-state index in [1.54, 1.807) is 0 Å². The fraction of sp³-hybridized carbons (Fsp3) is 0.714. The topological polar surface area (TPSA) is 15.3 Å². The maximum atomic E-state index is 3.39. The zero-order valence-electron chi connectivity index (χ0n) is 12.2. The van der Waals surface area contributed by atoms with Crippen molar-refractivity contribution in [2.45, 2.75) is 39.9 Å². The van der Waals surface area contributed by atoms with Gasteiger partial charge in [0.1, 0.15) is 0 Å². The minimum absolute atomic E-state index is 0.636. The normalized spacial score (nSPS) is 13.2. The van der Waals surface area contributed by atoms with Gasteiger partial charge in [-0.3, -0.25) is 4.90 Å². The summed E-state index contributed by atoms with van der Waals surface area (Å²) in [6.45, 7) is 9.80. The van der Waals surface area contributed by atoms with E-state index in [1.807, 2.05) is 23.1 Å². The average Bonchev–Trinajstić information content (AvgIpc) is 2.67. The van der Waals surface area contributed by atoms with Crippen LogP contribution in [0.1, 0.15) is 29.2 Å². The van der Waals surface area contributed by atoms with Crippen LogP contribution in [0.3, 0.4) is 0 Å². The molecule has 1 heterocycles. The molecule has 0 spiro atoms. The van der Waals surface area contributed by atoms with E-state index >= 15 is 0 Å². The second-order valence-electron chi connectivity index (χ2n) is 4.79. The molecular formula is C14H26N2S2. The van der Waals surface area contributed by atoms with Crippen LogP contribution >= 0.6 is 23.1 Å². The van der Waals surface area contributed by atoms with E-state index in [1.165, 1.54) is 21.1 Å². The molecule has 104 valence electrons. The molecule has 1 aromatic heterocycles. The summed E-state index contributed by atoms with van der Waals surface area (Å²) in [5, 5.41) is 3.39. The molecule has 0 saturated heterocycles. The SMILES string of the molecule is CCNCc1cc(CN(C)C(C)CSC)c(C)s1. The first-order valence-corrected chi connectivity index (χ1v) is 8.77. The molecule has 1 N–H and O–H groups in total. The summed E-state index contributed by atoms with van der Waals surface area (Å²) in [7, 11) is 2.22. The number of hydrogen-bond donors (Lipinski definition) is 1. The van der Waals surface area contributed by atoms with Crippen LogP contribution in [0.4, 0.5) is 0 Å². The second-order valence-corrected chi connectivity index (χ2v) is 7.05. The van der Waals surface area contributed by atoms with Gasteiger partial charge in [-0.05, 0) is 45.3 Å². The summed E-state index contributed by atoms with van der Waals surface area (Å²) >= 11 is 3.85. The molecule has 0 amide bonds. The summed E-state index contributed by atoms with van der Waals surface area (Å²) in [6.07, 6.45) is 2.18. The fourth-order valence-corrected chi connectivity index (χ4v) is 3.63. The molecule has 18 heavy (non-hydrogen) atoms. The lowest BCUT2D eigenvalue weighted by atomic mass is 10.2. The van der Waals surface area contributed by atoms with E-state index in [4.69, 9.17) is 0 Å². The Labute approximate surface area is 120 Å². The molecule has 0 bridgehead atoms. The zero-order valence-corrected chi connectivity index (χ0v) is 13.9. The molecule has 0 aromatic carbocycles. The minimum atomic E-state index is 0.636. The van der Waals surface area contributed by atoms with Crippen molar-refractivity contribution in [1.82, 2.24) is 10.2 Å². The second kappa shape index (κ2) is 8.20. The third-order valence-corrected chi connectivity index (χ3v) is 5.11. The molecule has 0 aliphatic rings. The Morgan fingerprint density at radius 2 is 2.22 bits per heavy atom. The fourth-order valence-electron chi connectivity index (χ4n) is 1.87. The monoisotopic (exact) mass is 286 g/mol. The quantitative estimate of drug-likeness (QED) is 0.789. The highest BCUT2D eigenvalue weighted by Gasteiger charge is 2.12. The van der Waals surface area contributed by atoms with Crippen LogP contribution in [-0.2, 0) is 13.1 Å². The summed E-state index contributed by atoms with van der Waals surface area (Å²) in [5.41, 5.74) is 1.49. The van der Waals surface area contributed by atoms with Crippen LogP contribution in [0.5, 0.6) is 0 Å². The van der Waals surface area contributed by atoms with Gasteiger partial charge < -0.3 is 5.32 Å².